The number of aryl methyl sites for hydroxylation is 2. The highest BCUT2D eigenvalue weighted by Crippen LogP contribution is 2.34. The molecule has 5 aromatic rings. The number of fused-ring (bicyclic) bond motifs is 2. The van der Waals surface area contributed by atoms with Gasteiger partial charge in [0.1, 0.15) is 23.4 Å². The summed E-state index contributed by atoms with van der Waals surface area (Å²) in [5, 5.41) is 9.10. The Bertz CT molecular complexity index is 1460. The number of oxazole rings is 1. The number of benzene rings is 2. The van der Waals surface area contributed by atoms with E-state index < -0.39 is 0 Å². The van der Waals surface area contributed by atoms with Crippen LogP contribution in [0.15, 0.2) is 47.1 Å². The van der Waals surface area contributed by atoms with E-state index >= 15 is 0 Å². The molecule has 1 aliphatic rings. The Morgan fingerprint density at radius 1 is 1.09 bits per heavy atom. The molecular formula is C24H23N7O. The zero-order valence-corrected chi connectivity index (χ0v) is 18.0. The number of nitrogens with zero attached hydrogens (tertiary/aromatic N) is 5. The maximum absolute atomic E-state index is 6.25. The van der Waals surface area contributed by atoms with Crippen molar-refractivity contribution in [3.8, 4) is 22.7 Å². The summed E-state index contributed by atoms with van der Waals surface area (Å²) in [5.74, 6) is 1.05. The maximum Gasteiger partial charge on any atom is 0.227 e. The van der Waals surface area contributed by atoms with Crippen molar-refractivity contribution in [2.45, 2.75) is 26.3 Å². The van der Waals surface area contributed by atoms with E-state index in [4.69, 9.17) is 20.2 Å². The number of aromatic nitrogens is 5. The average Bonchev–Trinajstić information content (AvgIpc) is 3.52. The molecule has 0 bridgehead atoms. The number of hydrogen-bond acceptors (Lipinski definition) is 7. The molecule has 8 heteroatoms. The predicted molar refractivity (Wildman–Crippen MR) is 124 cm³/mol. The quantitative estimate of drug-likeness (QED) is 0.449. The van der Waals surface area contributed by atoms with Crippen molar-refractivity contribution in [3.63, 3.8) is 0 Å². The number of nitrogens with two attached hydrogens (primary N) is 1. The van der Waals surface area contributed by atoms with Gasteiger partial charge in [0, 0.05) is 17.7 Å². The summed E-state index contributed by atoms with van der Waals surface area (Å²) in [6, 6.07) is 12.5. The molecular weight excluding hydrogens is 402 g/mol. The van der Waals surface area contributed by atoms with Crippen LogP contribution in [0.4, 0.5) is 5.82 Å². The van der Waals surface area contributed by atoms with Crippen LogP contribution in [-0.2, 0) is 0 Å². The zero-order valence-electron chi connectivity index (χ0n) is 18.0. The van der Waals surface area contributed by atoms with Gasteiger partial charge in [0.15, 0.2) is 11.2 Å². The normalized spacial score (nSPS) is 16.4. The van der Waals surface area contributed by atoms with E-state index in [0.717, 1.165) is 64.0 Å². The zero-order chi connectivity index (χ0) is 21.8. The van der Waals surface area contributed by atoms with Gasteiger partial charge in [-0.25, -0.2) is 19.6 Å². The Morgan fingerprint density at radius 3 is 2.69 bits per heavy atom. The van der Waals surface area contributed by atoms with E-state index in [-0.39, 0.29) is 6.04 Å². The van der Waals surface area contributed by atoms with E-state index in [0.29, 0.717) is 11.7 Å². The van der Waals surface area contributed by atoms with Crippen LogP contribution < -0.4 is 11.1 Å². The number of anilines is 1. The monoisotopic (exact) mass is 425 g/mol. The topological polar surface area (TPSA) is 108 Å². The highest BCUT2D eigenvalue weighted by molar-refractivity contribution is 5.98. The van der Waals surface area contributed by atoms with Crippen LogP contribution in [0, 0.1) is 13.8 Å². The van der Waals surface area contributed by atoms with Crippen LogP contribution in [0.1, 0.15) is 23.6 Å². The molecule has 1 aliphatic heterocycles. The SMILES string of the molecule is Cc1cc(C)c2oc(-c3ccc(-c4nn(C5CCNC5)c5ncnc(N)c45)cc3)nc2c1. The molecule has 0 aliphatic carbocycles. The number of nitrogens with one attached hydrogen (secondary N) is 1. The third-order valence-electron chi connectivity index (χ3n) is 6.12. The van der Waals surface area contributed by atoms with Crippen LogP contribution in [0.3, 0.4) is 0 Å². The van der Waals surface area contributed by atoms with Crippen LogP contribution in [0.5, 0.6) is 0 Å². The maximum atomic E-state index is 6.25. The van der Waals surface area contributed by atoms with Gasteiger partial charge in [0.25, 0.3) is 0 Å². The van der Waals surface area contributed by atoms with Gasteiger partial charge in [-0.05, 0) is 56.1 Å². The predicted octanol–water partition coefficient (Wildman–Crippen LogP) is 4.03. The van der Waals surface area contributed by atoms with E-state index in [2.05, 4.69) is 28.3 Å². The first-order valence-corrected chi connectivity index (χ1v) is 10.8. The minimum absolute atomic E-state index is 0.256. The fourth-order valence-electron chi connectivity index (χ4n) is 4.57. The third-order valence-corrected chi connectivity index (χ3v) is 6.12. The number of hydrogen-bond donors (Lipinski definition) is 2. The van der Waals surface area contributed by atoms with Gasteiger partial charge in [-0.2, -0.15) is 5.10 Å². The van der Waals surface area contributed by atoms with E-state index in [9.17, 15) is 0 Å². The molecule has 0 amide bonds. The summed E-state index contributed by atoms with van der Waals surface area (Å²) < 4.78 is 8.06. The molecule has 2 aromatic carbocycles. The van der Waals surface area contributed by atoms with E-state index in [1.165, 1.54) is 11.9 Å². The largest absolute Gasteiger partial charge is 0.436 e. The molecule has 1 atom stereocenters. The van der Waals surface area contributed by atoms with Gasteiger partial charge < -0.3 is 15.5 Å². The lowest BCUT2D eigenvalue weighted by atomic mass is 10.1. The second-order valence-electron chi connectivity index (χ2n) is 8.42. The number of rotatable bonds is 3. The summed E-state index contributed by atoms with van der Waals surface area (Å²) in [6.45, 7) is 5.95. The van der Waals surface area contributed by atoms with Gasteiger partial charge in [-0.15, -0.1) is 0 Å². The molecule has 4 heterocycles. The molecule has 3 aromatic heterocycles. The van der Waals surface area contributed by atoms with Crippen molar-refractivity contribution < 1.29 is 4.42 Å². The lowest BCUT2D eigenvalue weighted by Gasteiger charge is -2.09. The second kappa shape index (κ2) is 7.13. The summed E-state index contributed by atoms with van der Waals surface area (Å²) >= 11 is 0. The van der Waals surface area contributed by atoms with Crippen LogP contribution in [-0.4, -0.2) is 37.8 Å². The molecule has 0 radical (unpaired) electrons. The van der Waals surface area contributed by atoms with Crippen LogP contribution in [0.25, 0.3) is 44.8 Å². The van der Waals surface area contributed by atoms with Crippen molar-refractivity contribution in [1.82, 2.24) is 30.0 Å². The Hall–Kier alpha value is -3.78. The molecule has 32 heavy (non-hydrogen) atoms. The highest BCUT2D eigenvalue weighted by atomic mass is 16.3. The minimum atomic E-state index is 0.256. The van der Waals surface area contributed by atoms with Crippen molar-refractivity contribution in [2.24, 2.45) is 0 Å². The van der Waals surface area contributed by atoms with Crippen molar-refractivity contribution in [3.05, 3.63) is 53.9 Å². The Balaban J connectivity index is 1.43. The molecule has 0 saturated carbocycles. The minimum Gasteiger partial charge on any atom is -0.436 e. The molecule has 8 nitrogen and oxygen atoms in total. The van der Waals surface area contributed by atoms with Crippen LogP contribution in [0.2, 0.25) is 0 Å². The second-order valence-corrected chi connectivity index (χ2v) is 8.42. The average molecular weight is 425 g/mol. The van der Waals surface area contributed by atoms with Crippen molar-refractivity contribution in [1.29, 1.82) is 0 Å². The lowest BCUT2D eigenvalue weighted by molar-refractivity contribution is 0.504. The van der Waals surface area contributed by atoms with E-state index in [1.807, 2.05) is 41.9 Å². The van der Waals surface area contributed by atoms with Gasteiger partial charge in [0.05, 0.1) is 11.4 Å². The fraction of sp³-hybridized carbons (Fsp3) is 0.250. The molecule has 1 fully saturated rings. The molecule has 6 rings (SSSR count). The standard InChI is InChI=1S/C24H23N7O/c1-13-9-14(2)21-18(10-13)29-24(32-21)16-5-3-15(4-6-16)20-19-22(25)27-12-28-23(19)31(30-20)17-7-8-26-11-17/h3-6,9-10,12,17,26H,7-8,11H2,1-2H3,(H2,25,27,28). The third kappa shape index (κ3) is 2.95. The summed E-state index contributed by atoms with van der Waals surface area (Å²) in [6.07, 6.45) is 2.51. The summed E-state index contributed by atoms with van der Waals surface area (Å²) in [7, 11) is 0. The first-order chi connectivity index (χ1) is 15.6. The van der Waals surface area contributed by atoms with Gasteiger partial charge in [0.2, 0.25) is 5.89 Å². The summed E-state index contributed by atoms with van der Waals surface area (Å²) in [5.41, 5.74) is 13.6. The van der Waals surface area contributed by atoms with E-state index in [1.54, 1.807) is 0 Å². The van der Waals surface area contributed by atoms with Gasteiger partial charge in [-0.3, -0.25) is 0 Å². The highest BCUT2D eigenvalue weighted by Gasteiger charge is 2.24. The van der Waals surface area contributed by atoms with Gasteiger partial charge in [-0.1, -0.05) is 18.2 Å². The molecule has 1 unspecified atom stereocenters. The molecule has 3 N–H and O–H groups in total. The van der Waals surface area contributed by atoms with Crippen molar-refractivity contribution >= 4 is 28.0 Å². The molecule has 1 saturated heterocycles. The Labute approximate surface area is 184 Å². The molecule has 160 valence electrons. The summed E-state index contributed by atoms with van der Waals surface area (Å²) in [4.78, 5) is 13.4. The smallest absolute Gasteiger partial charge is 0.227 e. The lowest BCUT2D eigenvalue weighted by Crippen LogP contribution is -2.15. The fourth-order valence-corrected chi connectivity index (χ4v) is 4.57. The first kappa shape index (κ1) is 18.9. The Morgan fingerprint density at radius 2 is 1.91 bits per heavy atom. The number of nitrogen functional groups attached to an aromatic ring is 1. The Kier molecular flexibility index (Phi) is 4.22. The molecule has 0 spiro atoms. The van der Waals surface area contributed by atoms with Crippen molar-refractivity contribution in [2.75, 3.05) is 18.8 Å². The first-order valence-electron chi connectivity index (χ1n) is 10.8. The van der Waals surface area contributed by atoms with Crippen LogP contribution >= 0.6 is 0 Å². The van der Waals surface area contributed by atoms with Gasteiger partial charge >= 0.3 is 0 Å².